The van der Waals surface area contributed by atoms with Crippen LogP contribution in [0, 0.1) is 6.92 Å². The van der Waals surface area contributed by atoms with Crippen molar-refractivity contribution < 1.29 is 9.53 Å². The lowest BCUT2D eigenvalue weighted by molar-refractivity contribution is 0.0463. The summed E-state index contributed by atoms with van der Waals surface area (Å²) in [5.74, 6) is -0.465. The third kappa shape index (κ3) is 3.26. The SMILES string of the molecule is Cc1cc(COC(=O)c2cc(N)cc(Cl)c2)n(C)n1. The molecule has 6 heteroatoms. The van der Waals surface area contributed by atoms with Gasteiger partial charge in [-0.05, 0) is 31.2 Å². The maximum atomic E-state index is 11.9. The number of hydrogen-bond acceptors (Lipinski definition) is 4. The maximum absolute atomic E-state index is 11.9. The molecule has 0 saturated carbocycles. The second-order valence-electron chi connectivity index (χ2n) is 4.25. The fourth-order valence-corrected chi connectivity index (χ4v) is 2.00. The van der Waals surface area contributed by atoms with Crippen molar-refractivity contribution in [1.29, 1.82) is 0 Å². The third-order valence-corrected chi connectivity index (χ3v) is 2.82. The van der Waals surface area contributed by atoms with Crippen LogP contribution < -0.4 is 5.73 Å². The van der Waals surface area contributed by atoms with Crippen LogP contribution in [0.4, 0.5) is 5.69 Å². The van der Waals surface area contributed by atoms with Crippen LogP contribution in [0.5, 0.6) is 0 Å². The summed E-state index contributed by atoms with van der Waals surface area (Å²) in [5, 5.41) is 4.58. The zero-order valence-corrected chi connectivity index (χ0v) is 11.4. The molecule has 0 aliphatic carbocycles. The van der Waals surface area contributed by atoms with E-state index in [0.29, 0.717) is 16.3 Å². The number of benzene rings is 1. The highest BCUT2D eigenvalue weighted by atomic mass is 35.5. The van der Waals surface area contributed by atoms with Gasteiger partial charge in [0.05, 0.1) is 17.0 Å². The van der Waals surface area contributed by atoms with E-state index in [1.54, 1.807) is 17.8 Å². The Balaban J connectivity index is 2.07. The standard InChI is InChI=1S/C13H14ClN3O2/c1-8-3-12(17(2)16-8)7-19-13(18)9-4-10(14)6-11(15)5-9/h3-6H,7,15H2,1-2H3. The Morgan fingerprint density at radius 2 is 2.16 bits per heavy atom. The molecule has 0 amide bonds. The largest absolute Gasteiger partial charge is 0.456 e. The van der Waals surface area contributed by atoms with Gasteiger partial charge in [0.15, 0.2) is 0 Å². The first kappa shape index (κ1) is 13.4. The molecule has 2 rings (SSSR count). The molecule has 0 unspecified atom stereocenters. The molecule has 2 N–H and O–H groups in total. The second kappa shape index (κ2) is 5.32. The van der Waals surface area contributed by atoms with E-state index in [0.717, 1.165) is 11.4 Å². The minimum absolute atomic E-state index is 0.155. The summed E-state index contributed by atoms with van der Waals surface area (Å²) in [7, 11) is 1.80. The van der Waals surface area contributed by atoms with Gasteiger partial charge in [0.1, 0.15) is 6.61 Å². The molecule has 1 heterocycles. The lowest BCUT2D eigenvalue weighted by atomic mass is 10.2. The van der Waals surface area contributed by atoms with E-state index in [9.17, 15) is 4.79 Å². The van der Waals surface area contributed by atoms with E-state index in [-0.39, 0.29) is 6.61 Å². The highest BCUT2D eigenvalue weighted by molar-refractivity contribution is 6.31. The number of esters is 1. The monoisotopic (exact) mass is 279 g/mol. The molecule has 5 nitrogen and oxygen atoms in total. The number of carbonyl (C=O) groups is 1. The lowest BCUT2D eigenvalue weighted by Gasteiger charge is -2.06. The highest BCUT2D eigenvalue weighted by Gasteiger charge is 2.11. The molecule has 0 aliphatic rings. The van der Waals surface area contributed by atoms with Crippen molar-refractivity contribution in [2.45, 2.75) is 13.5 Å². The Labute approximate surface area is 115 Å². The van der Waals surface area contributed by atoms with Crippen LogP contribution in [0.15, 0.2) is 24.3 Å². The summed E-state index contributed by atoms with van der Waals surface area (Å²) in [5.41, 5.74) is 8.08. The molecule has 0 saturated heterocycles. The van der Waals surface area contributed by atoms with Crippen molar-refractivity contribution in [3.05, 3.63) is 46.2 Å². The van der Waals surface area contributed by atoms with Crippen LogP contribution in [-0.2, 0) is 18.4 Å². The van der Waals surface area contributed by atoms with E-state index in [4.69, 9.17) is 22.1 Å². The molecule has 100 valence electrons. The van der Waals surface area contributed by atoms with E-state index in [1.165, 1.54) is 12.1 Å². The minimum atomic E-state index is -0.465. The Bertz CT molecular complexity index is 602. The fraction of sp³-hybridized carbons (Fsp3) is 0.231. The number of halogens is 1. The Morgan fingerprint density at radius 1 is 1.42 bits per heavy atom. The summed E-state index contributed by atoms with van der Waals surface area (Å²) in [6, 6.07) is 6.49. The van der Waals surface area contributed by atoms with Gasteiger partial charge in [-0.1, -0.05) is 11.6 Å². The van der Waals surface area contributed by atoms with Crippen molar-refractivity contribution in [3.63, 3.8) is 0 Å². The summed E-state index contributed by atoms with van der Waals surface area (Å²) < 4.78 is 6.88. The quantitative estimate of drug-likeness (QED) is 0.691. The molecular formula is C13H14ClN3O2. The Morgan fingerprint density at radius 3 is 2.74 bits per heavy atom. The van der Waals surface area contributed by atoms with Gasteiger partial charge in [-0.25, -0.2) is 4.79 Å². The van der Waals surface area contributed by atoms with Crippen LogP contribution in [0.2, 0.25) is 5.02 Å². The van der Waals surface area contributed by atoms with Crippen molar-refractivity contribution in [1.82, 2.24) is 9.78 Å². The number of hydrogen-bond donors (Lipinski definition) is 1. The molecule has 0 bridgehead atoms. The minimum Gasteiger partial charge on any atom is -0.456 e. The van der Waals surface area contributed by atoms with Gasteiger partial charge in [-0.3, -0.25) is 4.68 Å². The van der Waals surface area contributed by atoms with Crippen molar-refractivity contribution in [2.75, 3.05) is 5.73 Å². The molecule has 0 spiro atoms. The number of nitrogens with two attached hydrogens (primary N) is 1. The molecule has 1 aromatic heterocycles. The van der Waals surface area contributed by atoms with Crippen LogP contribution in [0.1, 0.15) is 21.7 Å². The molecule has 19 heavy (non-hydrogen) atoms. The number of aryl methyl sites for hydroxylation is 2. The van der Waals surface area contributed by atoms with E-state index in [1.807, 2.05) is 13.0 Å². The number of ether oxygens (including phenoxy) is 1. The zero-order valence-electron chi connectivity index (χ0n) is 10.7. The van der Waals surface area contributed by atoms with Gasteiger partial charge in [0.2, 0.25) is 0 Å². The van der Waals surface area contributed by atoms with E-state index >= 15 is 0 Å². The van der Waals surface area contributed by atoms with Crippen LogP contribution in [0.25, 0.3) is 0 Å². The Hall–Kier alpha value is -2.01. The average molecular weight is 280 g/mol. The normalized spacial score (nSPS) is 10.5. The number of carbonyl (C=O) groups excluding carboxylic acids is 1. The first-order valence-corrected chi connectivity index (χ1v) is 6.06. The molecule has 0 aliphatic heterocycles. The van der Waals surface area contributed by atoms with Crippen LogP contribution in [0.3, 0.4) is 0 Å². The fourth-order valence-electron chi connectivity index (χ4n) is 1.75. The van der Waals surface area contributed by atoms with Crippen LogP contribution >= 0.6 is 11.6 Å². The predicted molar refractivity (Wildman–Crippen MR) is 72.9 cm³/mol. The lowest BCUT2D eigenvalue weighted by Crippen LogP contribution is -2.08. The van der Waals surface area contributed by atoms with Gasteiger partial charge < -0.3 is 10.5 Å². The van der Waals surface area contributed by atoms with Crippen LogP contribution in [-0.4, -0.2) is 15.7 Å². The second-order valence-corrected chi connectivity index (χ2v) is 4.69. The number of rotatable bonds is 3. The van der Waals surface area contributed by atoms with Crippen molar-refractivity contribution in [3.8, 4) is 0 Å². The van der Waals surface area contributed by atoms with Gasteiger partial charge >= 0.3 is 5.97 Å². The van der Waals surface area contributed by atoms with Gasteiger partial charge in [-0.2, -0.15) is 5.10 Å². The average Bonchev–Trinajstić information content (AvgIpc) is 2.63. The molecule has 0 radical (unpaired) electrons. The first-order chi connectivity index (χ1) is 8.95. The molecular weight excluding hydrogens is 266 g/mol. The number of aromatic nitrogens is 2. The van der Waals surface area contributed by atoms with E-state index < -0.39 is 5.97 Å². The maximum Gasteiger partial charge on any atom is 0.338 e. The Kier molecular flexibility index (Phi) is 3.76. The topological polar surface area (TPSA) is 70.1 Å². The third-order valence-electron chi connectivity index (χ3n) is 2.61. The van der Waals surface area contributed by atoms with Crippen molar-refractivity contribution >= 4 is 23.3 Å². The molecule has 2 aromatic rings. The predicted octanol–water partition coefficient (Wildman–Crippen LogP) is 2.32. The zero-order chi connectivity index (χ0) is 14.0. The van der Waals surface area contributed by atoms with Gasteiger partial charge in [-0.15, -0.1) is 0 Å². The van der Waals surface area contributed by atoms with Gasteiger partial charge in [0, 0.05) is 17.8 Å². The van der Waals surface area contributed by atoms with E-state index in [2.05, 4.69) is 5.10 Å². The highest BCUT2D eigenvalue weighted by Crippen LogP contribution is 2.17. The summed E-state index contributed by atoms with van der Waals surface area (Å²) in [6.07, 6.45) is 0. The molecule has 0 atom stereocenters. The molecule has 0 fully saturated rings. The summed E-state index contributed by atoms with van der Waals surface area (Å²) in [4.78, 5) is 11.9. The summed E-state index contributed by atoms with van der Waals surface area (Å²) >= 11 is 5.84. The van der Waals surface area contributed by atoms with Crippen molar-refractivity contribution in [2.24, 2.45) is 7.05 Å². The molecule has 1 aromatic carbocycles. The van der Waals surface area contributed by atoms with Gasteiger partial charge in [0.25, 0.3) is 0 Å². The number of anilines is 1. The first-order valence-electron chi connectivity index (χ1n) is 5.68. The number of nitrogens with zero attached hydrogens (tertiary/aromatic N) is 2. The number of nitrogen functional groups attached to an aromatic ring is 1. The smallest absolute Gasteiger partial charge is 0.338 e. The summed E-state index contributed by atoms with van der Waals surface area (Å²) in [6.45, 7) is 2.03.